The summed E-state index contributed by atoms with van der Waals surface area (Å²) in [6.07, 6.45) is 19.6. The van der Waals surface area contributed by atoms with Crippen LogP contribution in [0.4, 0.5) is 0 Å². The summed E-state index contributed by atoms with van der Waals surface area (Å²) in [6, 6.07) is 0. The van der Waals surface area contributed by atoms with Crippen molar-refractivity contribution in [3.8, 4) is 0 Å². The number of epoxide rings is 1. The Labute approximate surface area is 175 Å². The summed E-state index contributed by atoms with van der Waals surface area (Å²) in [5.41, 5.74) is 2.89. The summed E-state index contributed by atoms with van der Waals surface area (Å²) in [5.74, 6) is 1.69. The molecule has 3 rings (SSSR count). The van der Waals surface area contributed by atoms with Gasteiger partial charge in [0.2, 0.25) is 0 Å². The van der Waals surface area contributed by atoms with Crippen LogP contribution in [0, 0.1) is 29.6 Å². The van der Waals surface area contributed by atoms with Crippen molar-refractivity contribution in [3.05, 3.63) is 59.8 Å². The number of ether oxygens (including phenoxy) is 1. The van der Waals surface area contributed by atoms with Gasteiger partial charge in [0.25, 0.3) is 0 Å². The van der Waals surface area contributed by atoms with Crippen LogP contribution in [0.3, 0.4) is 0 Å². The smallest absolute Gasteiger partial charge is 0.328 e. The molecule has 0 aromatic heterocycles. The van der Waals surface area contributed by atoms with E-state index in [1.54, 1.807) is 12.2 Å². The molecule has 0 radical (unpaired) electrons. The molecule has 7 atom stereocenters. The van der Waals surface area contributed by atoms with Gasteiger partial charge in [-0.2, -0.15) is 0 Å². The molecule has 0 unspecified atom stereocenters. The number of rotatable bonds is 7. The van der Waals surface area contributed by atoms with Crippen LogP contribution in [0.2, 0.25) is 0 Å². The van der Waals surface area contributed by atoms with Gasteiger partial charge in [-0.3, -0.25) is 0 Å². The molecule has 2 aliphatic carbocycles. The summed E-state index contributed by atoms with van der Waals surface area (Å²) in [5, 5.41) is 8.71. The second-order valence-electron chi connectivity index (χ2n) is 9.36. The Morgan fingerprint density at radius 3 is 2.72 bits per heavy atom. The molecule has 0 aromatic carbocycles. The zero-order valence-electron chi connectivity index (χ0n) is 18.5. The fourth-order valence-corrected chi connectivity index (χ4v) is 5.67. The van der Waals surface area contributed by atoms with Gasteiger partial charge in [0.05, 0.1) is 11.7 Å². The molecule has 3 aliphatic rings. The van der Waals surface area contributed by atoms with E-state index in [9.17, 15) is 4.79 Å². The molecule has 29 heavy (non-hydrogen) atoms. The van der Waals surface area contributed by atoms with E-state index in [0.29, 0.717) is 35.7 Å². The average Bonchev–Trinajstić information content (AvgIpc) is 3.35. The highest BCUT2D eigenvalue weighted by Crippen LogP contribution is 2.57. The Morgan fingerprint density at radius 2 is 2.03 bits per heavy atom. The van der Waals surface area contributed by atoms with Crippen molar-refractivity contribution in [2.45, 2.75) is 65.6 Å². The Kier molecular flexibility index (Phi) is 6.68. The molecule has 1 saturated heterocycles. The fraction of sp³-hybridized carbons (Fsp3) is 0.577. The van der Waals surface area contributed by atoms with Crippen molar-refractivity contribution in [3.63, 3.8) is 0 Å². The number of hydrogen-bond acceptors (Lipinski definition) is 2. The minimum atomic E-state index is -0.922. The Balaban J connectivity index is 1.87. The monoisotopic (exact) mass is 396 g/mol. The maximum atomic E-state index is 10.6. The maximum Gasteiger partial charge on any atom is 0.328 e. The zero-order valence-corrected chi connectivity index (χ0v) is 18.5. The van der Waals surface area contributed by atoms with Crippen LogP contribution < -0.4 is 0 Å². The summed E-state index contributed by atoms with van der Waals surface area (Å²) in [7, 11) is 0. The first kappa shape index (κ1) is 21.8. The molecule has 158 valence electrons. The topological polar surface area (TPSA) is 49.8 Å². The second kappa shape index (κ2) is 8.87. The zero-order chi connectivity index (χ0) is 21.2. The minimum Gasteiger partial charge on any atom is -0.478 e. The van der Waals surface area contributed by atoms with E-state index in [0.717, 1.165) is 25.3 Å². The lowest BCUT2D eigenvalue weighted by atomic mass is 9.59. The lowest BCUT2D eigenvalue weighted by molar-refractivity contribution is -0.131. The van der Waals surface area contributed by atoms with Crippen molar-refractivity contribution in [1.29, 1.82) is 0 Å². The van der Waals surface area contributed by atoms with Crippen LogP contribution in [0.1, 0.15) is 53.9 Å². The van der Waals surface area contributed by atoms with Crippen molar-refractivity contribution >= 4 is 5.97 Å². The van der Waals surface area contributed by atoms with Gasteiger partial charge >= 0.3 is 5.97 Å². The molecular formula is C26H36O3. The molecule has 1 fully saturated rings. The van der Waals surface area contributed by atoms with Gasteiger partial charge in [0.1, 0.15) is 0 Å². The molecule has 1 heterocycles. The molecular weight excluding hydrogens is 360 g/mol. The number of allylic oxidation sites excluding steroid dienone is 8. The van der Waals surface area contributed by atoms with Crippen LogP contribution in [0.15, 0.2) is 59.8 Å². The Hall–Kier alpha value is -1.87. The lowest BCUT2D eigenvalue weighted by Crippen LogP contribution is -2.41. The molecule has 3 nitrogen and oxygen atoms in total. The first-order valence-electron chi connectivity index (χ1n) is 11.0. The molecule has 3 heteroatoms. The number of carbonyl (C=O) groups is 1. The molecule has 1 N–H and O–H groups in total. The van der Waals surface area contributed by atoms with E-state index in [1.165, 1.54) is 11.1 Å². The van der Waals surface area contributed by atoms with Gasteiger partial charge < -0.3 is 9.84 Å². The van der Waals surface area contributed by atoms with E-state index < -0.39 is 5.97 Å². The van der Waals surface area contributed by atoms with Crippen LogP contribution >= 0.6 is 0 Å². The predicted octanol–water partition coefficient (Wildman–Crippen LogP) is 6.11. The van der Waals surface area contributed by atoms with Crippen LogP contribution in [0.5, 0.6) is 0 Å². The quantitative estimate of drug-likeness (QED) is 0.244. The molecule has 0 aromatic rings. The first-order valence-corrected chi connectivity index (χ1v) is 11.0. The summed E-state index contributed by atoms with van der Waals surface area (Å²) < 4.78 is 6.38. The van der Waals surface area contributed by atoms with E-state index in [2.05, 4.69) is 58.9 Å². The highest BCUT2D eigenvalue weighted by Gasteiger charge is 2.62. The summed E-state index contributed by atoms with van der Waals surface area (Å²) in [4.78, 5) is 10.6. The minimum absolute atomic E-state index is 0.0842. The summed E-state index contributed by atoms with van der Waals surface area (Å²) in [6.45, 7) is 11.4. The van der Waals surface area contributed by atoms with E-state index in [4.69, 9.17) is 9.84 Å². The van der Waals surface area contributed by atoms with Crippen molar-refractivity contribution in [2.24, 2.45) is 29.6 Å². The van der Waals surface area contributed by atoms with E-state index in [-0.39, 0.29) is 5.60 Å². The normalized spacial score (nSPS) is 38.2. The Morgan fingerprint density at radius 1 is 1.31 bits per heavy atom. The second-order valence-corrected chi connectivity index (χ2v) is 9.36. The van der Waals surface area contributed by atoms with Gasteiger partial charge in [-0.15, -0.1) is 0 Å². The number of carboxylic acids is 1. The van der Waals surface area contributed by atoms with E-state index in [1.807, 2.05) is 6.08 Å². The molecule has 0 saturated carbocycles. The molecule has 1 aliphatic heterocycles. The maximum absolute atomic E-state index is 10.6. The number of carboxylic acid groups (broad SMARTS) is 1. The van der Waals surface area contributed by atoms with Crippen molar-refractivity contribution in [2.75, 3.05) is 0 Å². The molecule has 0 spiro atoms. The summed E-state index contributed by atoms with van der Waals surface area (Å²) >= 11 is 0. The van der Waals surface area contributed by atoms with Crippen molar-refractivity contribution < 1.29 is 14.6 Å². The molecule has 0 bridgehead atoms. The average molecular weight is 397 g/mol. The third-order valence-corrected chi connectivity index (χ3v) is 7.27. The van der Waals surface area contributed by atoms with Crippen molar-refractivity contribution in [1.82, 2.24) is 0 Å². The van der Waals surface area contributed by atoms with Gasteiger partial charge in [0, 0.05) is 12.0 Å². The predicted molar refractivity (Wildman–Crippen MR) is 118 cm³/mol. The highest BCUT2D eigenvalue weighted by atomic mass is 16.6. The largest absolute Gasteiger partial charge is 0.478 e. The first-order chi connectivity index (χ1) is 13.8. The number of aliphatic carboxylic acids is 1. The third kappa shape index (κ3) is 4.66. The van der Waals surface area contributed by atoms with Gasteiger partial charge in [-0.05, 0) is 57.3 Å². The molecule has 0 amide bonds. The standard InChI is InChI=1S/C26H36O3/c1-6-18(3)25-26(5,29-25)24-19(4)16-20-15-17(2)13-14-21(20)22(24)11-9-7-8-10-12-23(27)28/h7-13,16,18,20-22,24-25H,6,14-15H2,1-5H3,(H,27,28)/b8-7+,11-9?,12-10+/t18-,20+,21-,22+,24-,25-,26-/m1/s1. The Bertz CT molecular complexity index is 769. The third-order valence-electron chi connectivity index (χ3n) is 7.27. The van der Waals surface area contributed by atoms with Crippen LogP contribution in [-0.4, -0.2) is 22.8 Å². The van der Waals surface area contributed by atoms with Crippen LogP contribution in [0.25, 0.3) is 0 Å². The lowest BCUT2D eigenvalue weighted by Gasteiger charge is -2.44. The number of fused-ring (bicyclic) bond motifs is 1. The van der Waals surface area contributed by atoms with E-state index >= 15 is 0 Å². The highest BCUT2D eigenvalue weighted by molar-refractivity contribution is 5.80. The SMILES string of the molecule is CC[C@@H](C)[C@H]1O[C@]1(C)[C@@H]1C(C)=C[C@@H]2CC(C)=CC[C@H]2[C@@H]1C=C/C=C/C=C/C(=O)O. The fourth-order valence-electron chi connectivity index (χ4n) is 5.67. The van der Waals surface area contributed by atoms with Gasteiger partial charge in [0.15, 0.2) is 0 Å². The number of hydrogen-bond donors (Lipinski definition) is 1. The van der Waals surface area contributed by atoms with Gasteiger partial charge in [-0.25, -0.2) is 4.79 Å². The van der Waals surface area contributed by atoms with Gasteiger partial charge in [-0.1, -0.05) is 73.9 Å². The van der Waals surface area contributed by atoms with Crippen LogP contribution in [-0.2, 0) is 9.53 Å².